The summed E-state index contributed by atoms with van der Waals surface area (Å²) in [6.07, 6.45) is 6.27. The molecule has 1 amide bonds. The van der Waals surface area contributed by atoms with Gasteiger partial charge in [0.15, 0.2) is 11.0 Å². The molecule has 0 aliphatic heterocycles. The van der Waals surface area contributed by atoms with E-state index in [0.717, 1.165) is 46.6 Å². The van der Waals surface area contributed by atoms with Crippen molar-refractivity contribution in [2.45, 2.75) is 57.3 Å². The van der Waals surface area contributed by atoms with E-state index in [1.165, 1.54) is 24.6 Å². The second-order valence-electron chi connectivity index (χ2n) is 8.49. The first-order valence-electron chi connectivity index (χ1n) is 10.9. The highest BCUT2D eigenvalue weighted by Gasteiger charge is 2.25. The van der Waals surface area contributed by atoms with Gasteiger partial charge in [0.05, 0.1) is 18.6 Å². The Kier molecular flexibility index (Phi) is 6.80. The van der Waals surface area contributed by atoms with Crippen LogP contribution < -0.4 is 0 Å². The molecular weight excluding hydrogens is 408 g/mol. The molecule has 7 heteroatoms. The molecule has 1 aliphatic carbocycles. The fourth-order valence-corrected chi connectivity index (χ4v) is 5.04. The van der Waals surface area contributed by atoms with Gasteiger partial charge in [0.25, 0.3) is 0 Å². The van der Waals surface area contributed by atoms with Crippen LogP contribution in [0.2, 0.25) is 0 Å². The first-order valence-corrected chi connectivity index (χ1v) is 11.9. The Morgan fingerprint density at radius 1 is 1.16 bits per heavy atom. The molecule has 3 aromatic rings. The van der Waals surface area contributed by atoms with Gasteiger partial charge in [-0.3, -0.25) is 9.36 Å². The van der Waals surface area contributed by atoms with Crippen molar-refractivity contribution in [2.75, 3.05) is 12.8 Å². The number of nitrogens with zero attached hydrogens (tertiary/aromatic N) is 4. The predicted octanol–water partition coefficient (Wildman–Crippen LogP) is 5.02. The van der Waals surface area contributed by atoms with Crippen LogP contribution >= 0.6 is 11.8 Å². The smallest absolute Gasteiger partial charge is 0.233 e. The number of hydrogen-bond donors (Lipinski definition) is 0. The van der Waals surface area contributed by atoms with E-state index in [2.05, 4.69) is 36.2 Å². The molecule has 1 saturated carbocycles. The molecule has 4 rings (SSSR count). The van der Waals surface area contributed by atoms with Gasteiger partial charge in [-0.1, -0.05) is 43.0 Å². The SMILES string of the molecule is Cc1ccccc1-c1nnc(SCC(=O)N(C)C2CCC(C)CC2)n1Cc1ccco1. The summed E-state index contributed by atoms with van der Waals surface area (Å²) < 4.78 is 7.62. The van der Waals surface area contributed by atoms with Gasteiger partial charge in [-0.25, -0.2) is 0 Å². The third kappa shape index (κ3) is 5.03. The van der Waals surface area contributed by atoms with Crippen LogP contribution in [0.4, 0.5) is 0 Å². The lowest BCUT2D eigenvalue weighted by Gasteiger charge is -2.33. The highest BCUT2D eigenvalue weighted by Crippen LogP contribution is 2.29. The molecule has 0 radical (unpaired) electrons. The van der Waals surface area contributed by atoms with Gasteiger partial charge in [-0.05, 0) is 56.2 Å². The number of carbonyl (C=O) groups excluding carboxylic acids is 1. The second kappa shape index (κ2) is 9.73. The summed E-state index contributed by atoms with van der Waals surface area (Å²) in [5, 5.41) is 9.64. The Morgan fingerprint density at radius 2 is 1.94 bits per heavy atom. The van der Waals surface area contributed by atoms with Crippen molar-refractivity contribution < 1.29 is 9.21 Å². The van der Waals surface area contributed by atoms with E-state index in [1.807, 2.05) is 40.8 Å². The standard InChI is InChI=1S/C24H30N4O2S/c1-17-10-12-19(13-11-17)27(3)22(29)16-31-24-26-25-23(21-9-5-4-7-18(21)2)28(24)15-20-8-6-14-30-20/h4-9,14,17,19H,10-13,15-16H2,1-3H3. The molecule has 2 heterocycles. The van der Waals surface area contributed by atoms with Gasteiger partial charge in [0, 0.05) is 18.7 Å². The van der Waals surface area contributed by atoms with Gasteiger partial charge in [-0.15, -0.1) is 10.2 Å². The van der Waals surface area contributed by atoms with Crippen LogP contribution in [0.5, 0.6) is 0 Å². The van der Waals surface area contributed by atoms with E-state index in [0.29, 0.717) is 18.3 Å². The molecule has 1 aliphatic rings. The highest BCUT2D eigenvalue weighted by atomic mass is 32.2. The lowest BCUT2D eigenvalue weighted by Crippen LogP contribution is -2.40. The van der Waals surface area contributed by atoms with E-state index >= 15 is 0 Å². The van der Waals surface area contributed by atoms with Crippen molar-refractivity contribution in [3.8, 4) is 11.4 Å². The van der Waals surface area contributed by atoms with Crippen LogP contribution in [0.3, 0.4) is 0 Å². The molecule has 0 saturated heterocycles. The third-order valence-electron chi connectivity index (χ3n) is 6.25. The number of amides is 1. The van der Waals surface area contributed by atoms with Crippen LogP contribution in [0.1, 0.15) is 43.9 Å². The Morgan fingerprint density at radius 3 is 2.65 bits per heavy atom. The maximum Gasteiger partial charge on any atom is 0.233 e. The van der Waals surface area contributed by atoms with Crippen molar-refractivity contribution >= 4 is 17.7 Å². The van der Waals surface area contributed by atoms with Crippen molar-refractivity contribution in [3.63, 3.8) is 0 Å². The van der Waals surface area contributed by atoms with E-state index in [-0.39, 0.29) is 5.91 Å². The Labute approximate surface area is 188 Å². The first kappa shape index (κ1) is 21.7. The second-order valence-corrected chi connectivity index (χ2v) is 9.44. The first-order chi connectivity index (χ1) is 15.0. The molecule has 0 atom stereocenters. The quantitative estimate of drug-likeness (QED) is 0.485. The van der Waals surface area contributed by atoms with Crippen molar-refractivity contribution in [1.82, 2.24) is 19.7 Å². The molecule has 31 heavy (non-hydrogen) atoms. The van der Waals surface area contributed by atoms with Crippen molar-refractivity contribution in [2.24, 2.45) is 5.92 Å². The molecule has 0 bridgehead atoms. The zero-order chi connectivity index (χ0) is 21.8. The zero-order valence-electron chi connectivity index (χ0n) is 18.5. The van der Waals surface area contributed by atoms with Gasteiger partial charge in [0.1, 0.15) is 5.76 Å². The molecule has 0 spiro atoms. The molecule has 0 unspecified atom stereocenters. The Bertz CT molecular complexity index is 1010. The summed E-state index contributed by atoms with van der Waals surface area (Å²) in [4.78, 5) is 14.8. The fraction of sp³-hybridized carbons (Fsp3) is 0.458. The number of furan rings is 1. The number of hydrogen-bond acceptors (Lipinski definition) is 5. The van der Waals surface area contributed by atoms with Crippen LogP contribution in [0, 0.1) is 12.8 Å². The van der Waals surface area contributed by atoms with E-state index in [1.54, 1.807) is 6.26 Å². The lowest BCUT2D eigenvalue weighted by atomic mass is 9.87. The molecule has 1 fully saturated rings. The molecule has 2 aromatic heterocycles. The Balaban J connectivity index is 1.51. The summed E-state index contributed by atoms with van der Waals surface area (Å²) in [6, 6.07) is 12.3. The summed E-state index contributed by atoms with van der Waals surface area (Å²) in [6.45, 7) is 4.89. The van der Waals surface area contributed by atoms with Crippen molar-refractivity contribution in [3.05, 3.63) is 54.0 Å². The van der Waals surface area contributed by atoms with Crippen LogP contribution in [0.15, 0.2) is 52.2 Å². The fourth-order valence-electron chi connectivity index (χ4n) is 4.18. The zero-order valence-corrected chi connectivity index (χ0v) is 19.3. The topological polar surface area (TPSA) is 64.2 Å². The lowest BCUT2D eigenvalue weighted by molar-refractivity contribution is -0.129. The van der Waals surface area contributed by atoms with Crippen LogP contribution in [-0.2, 0) is 11.3 Å². The summed E-state index contributed by atoms with van der Waals surface area (Å²) in [5.41, 5.74) is 2.17. The minimum atomic E-state index is 0.148. The number of rotatable bonds is 7. The molecule has 164 valence electrons. The number of carbonyl (C=O) groups is 1. The molecule has 0 N–H and O–H groups in total. The number of aryl methyl sites for hydroxylation is 1. The van der Waals surface area contributed by atoms with Gasteiger partial charge >= 0.3 is 0 Å². The maximum atomic E-state index is 12.9. The number of thioether (sulfide) groups is 1. The average Bonchev–Trinajstić information content (AvgIpc) is 3.43. The minimum Gasteiger partial charge on any atom is -0.467 e. The summed E-state index contributed by atoms with van der Waals surface area (Å²) in [7, 11) is 1.94. The highest BCUT2D eigenvalue weighted by molar-refractivity contribution is 7.99. The van der Waals surface area contributed by atoms with Crippen LogP contribution in [-0.4, -0.2) is 44.4 Å². The molecule has 1 aromatic carbocycles. The van der Waals surface area contributed by atoms with E-state index in [9.17, 15) is 4.79 Å². The number of benzene rings is 1. The average molecular weight is 439 g/mol. The summed E-state index contributed by atoms with van der Waals surface area (Å²) in [5.74, 6) is 2.89. The normalized spacial score (nSPS) is 18.8. The monoisotopic (exact) mass is 438 g/mol. The van der Waals surface area contributed by atoms with Crippen LogP contribution in [0.25, 0.3) is 11.4 Å². The summed E-state index contributed by atoms with van der Waals surface area (Å²) >= 11 is 1.45. The van der Waals surface area contributed by atoms with E-state index < -0.39 is 0 Å². The van der Waals surface area contributed by atoms with Gasteiger partial charge in [0.2, 0.25) is 5.91 Å². The predicted molar refractivity (Wildman–Crippen MR) is 123 cm³/mol. The largest absolute Gasteiger partial charge is 0.467 e. The molecule has 6 nitrogen and oxygen atoms in total. The van der Waals surface area contributed by atoms with Gasteiger partial charge in [-0.2, -0.15) is 0 Å². The third-order valence-corrected chi connectivity index (χ3v) is 7.20. The maximum absolute atomic E-state index is 12.9. The number of aromatic nitrogens is 3. The van der Waals surface area contributed by atoms with Gasteiger partial charge < -0.3 is 9.32 Å². The van der Waals surface area contributed by atoms with E-state index in [4.69, 9.17) is 4.42 Å². The molecular formula is C24H30N4O2S. The minimum absolute atomic E-state index is 0.148. The van der Waals surface area contributed by atoms with Crippen molar-refractivity contribution in [1.29, 1.82) is 0 Å². The Hall–Kier alpha value is -2.54.